The first-order valence-electron chi connectivity index (χ1n) is 7.34. The minimum atomic E-state index is 0.734. The van der Waals surface area contributed by atoms with Gasteiger partial charge in [0.05, 0.1) is 19.9 Å². The Morgan fingerprint density at radius 1 is 1.14 bits per heavy atom. The predicted molar refractivity (Wildman–Crippen MR) is 89.4 cm³/mol. The first-order chi connectivity index (χ1) is 10.7. The molecule has 0 bridgehead atoms. The highest BCUT2D eigenvalue weighted by molar-refractivity contribution is 5.53. The fraction of sp³-hybridized carbons (Fsp3) is 0.438. The molecule has 0 aliphatic rings. The zero-order valence-corrected chi connectivity index (χ0v) is 13.8. The molecule has 1 heterocycles. The predicted octanol–water partition coefficient (Wildman–Crippen LogP) is 2.66. The van der Waals surface area contributed by atoms with E-state index in [2.05, 4.69) is 33.6 Å². The smallest absolute Gasteiger partial charge is 0.202 e. The summed E-state index contributed by atoms with van der Waals surface area (Å²) in [5.74, 6) is 3.16. The van der Waals surface area contributed by atoms with Crippen molar-refractivity contribution in [1.82, 2.24) is 9.97 Å². The number of methoxy groups -OCH3 is 2. The number of anilines is 2. The van der Waals surface area contributed by atoms with E-state index in [0.717, 1.165) is 52.9 Å². The van der Waals surface area contributed by atoms with E-state index in [1.54, 1.807) is 14.2 Å². The summed E-state index contributed by atoms with van der Waals surface area (Å²) in [7, 11) is 7.04. The molecule has 2 aromatic rings. The lowest BCUT2D eigenvalue weighted by molar-refractivity contribution is 0.351. The van der Waals surface area contributed by atoms with Crippen molar-refractivity contribution in [3.63, 3.8) is 0 Å². The first-order valence-corrected chi connectivity index (χ1v) is 7.34. The number of benzene rings is 1. The molecular weight excluding hydrogens is 280 g/mol. The topological polar surface area (TPSA) is 71.2 Å². The number of H-pyrrole nitrogens is 1. The number of nitrogens with zero attached hydrogens (tertiary/aromatic N) is 1. The highest BCUT2D eigenvalue weighted by Gasteiger charge is 2.14. The number of aryl methyl sites for hydroxylation is 1. The second kappa shape index (κ2) is 7.06. The lowest BCUT2D eigenvalue weighted by Crippen LogP contribution is -2.00. The fourth-order valence-electron chi connectivity index (χ4n) is 2.54. The van der Waals surface area contributed by atoms with Crippen molar-refractivity contribution in [2.45, 2.75) is 19.8 Å². The summed E-state index contributed by atoms with van der Waals surface area (Å²) in [6.45, 7) is 2.11. The van der Waals surface area contributed by atoms with Crippen LogP contribution in [-0.4, -0.2) is 38.3 Å². The van der Waals surface area contributed by atoms with Crippen LogP contribution in [0.25, 0.3) is 0 Å². The van der Waals surface area contributed by atoms with Crippen LogP contribution in [0.4, 0.5) is 11.8 Å². The van der Waals surface area contributed by atoms with E-state index in [9.17, 15) is 0 Å². The van der Waals surface area contributed by atoms with Crippen molar-refractivity contribution in [3.05, 3.63) is 29.0 Å². The Balaban J connectivity index is 2.39. The number of rotatable bonds is 7. The van der Waals surface area contributed by atoms with Gasteiger partial charge in [0.2, 0.25) is 5.95 Å². The molecule has 0 fully saturated rings. The van der Waals surface area contributed by atoms with Gasteiger partial charge in [0.15, 0.2) is 11.5 Å². The number of hydrogen-bond donors (Lipinski definition) is 3. The molecule has 0 saturated carbocycles. The Morgan fingerprint density at radius 2 is 1.91 bits per heavy atom. The molecule has 6 heteroatoms. The number of aromatic amines is 1. The van der Waals surface area contributed by atoms with Gasteiger partial charge in [0.1, 0.15) is 5.82 Å². The molecule has 3 N–H and O–H groups in total. The molecule has 120 valence electrons. The number of nitrogens with one attached hydrogen (secondary N) is 3. The van der Waals surface area contributed by atoms with E-state index in [-0.39, 0.29) is 0 Å². The minimum absolute atomic E-state index is 0.734. The molecule has 0 radical (unpaired) electrons. The monoisotopic (exact) mass is 304 g/mol. The third-order valence-electron chi connectivity index (χ3n) is 3.63. The molecule has 0 amide bonds. The summed E-state index contributed by atoms with van der Waals surface area (Å²) < 4.78 is 10.9. The molecule has 0 aliphatic heterocycles. The maximum absolute atomic E-state index is 5.46. The van der Waals surface area contributed by atoms with Crippen LogP contribution in [0.5, 0.6) is 11.5 Å². The van der Waals surface area contributed by atoms with Gasteiger partial charge in [-0.2, -0.15) is 4.98 Å². The van der Waals surface area contributed by atoms with Gasteiger partial charge in [-0.3, -0.25) is 0 Å². The zero-order valence-electron chi connectivity index (χ0n) is 13.8. The second-order valence-corrected chi connectivity index (χ2v) is 4.93. The van der Waals surface area contributed by atoms with Gasteiger partial charge in [-0.1, -0.05) is 13.0 Å². The number of ether oxygens (including phenoxy) is 2. The van der Waals surface area contributed by atoms with Gasteiger partial charge >= 0.3 is 0 Å². The summed E-state index contributed by atoms with van der Waals surface area (Å²) >= 11 is 0. The van der Waals surface area contributed by atoms with Crippen molar-refractivity contribution in [2.75, 3.05) is 38.9 Å². The first kappa shape index (κ1) is 16.0. The molecule has 0 atom stereocenters. The second-order valence-electron chi connectivity index (χ2n) is 4.93. The van der Waals surface area contributed by atoms with E-state index in [4.69, 9.17) is 9.47 Å². The largest absolute Gasteiger partial charge is 0.493 e. The van der Waals surface area contributed by atoms with Gasteiger partial charge in [0.25, 0.3) is 0 Å². The highest BCUT2D eigenvalue weighted by atomic mass is 16.5. The summed E-state index contributed by atoms with van der Waals surface area (Å²) in [6, 6.07) is 4.16. The normalized spacial score (nSPS) is 10.4. The molecule has 2 rings (SSSR count). The third kappa shape index (κ3) is 3.10. The third-order valence-corrected chi connectivity index (χ3v) is 3.63. The van der Waals surface area contributed by atoms with Crippen LogP contribution in [0.3, 0.4) is 0 Å². The van der Waals surface area contributed by atoms with E-state index in [0.29, 0.717) is 0 Å². The van der Waals surface area contributed by atoms with Crippen molar-refractivity contribution in [1.29, 1.82) is 0 Å². The maximum atomic E-state index is 5.46. The molecule has 0 aliphatic carbocycles. The molecule has 0 saturated heterocycles. The lowest BCUT2D eigenvalue weighted by atomic mass is 10.0. The zero-order chi connectivity index (χ0) is 16.1. The SMILES string of the molecule is CCc1cc(Cc2[nH]c(NC)nc2NC)cc(OC)c1OC. The van der Waals surface area contributed by atoms with Crippen LogP contribution in [0.15, 0.2) is 12.1 Å². The lowest BCUT2D eigenvalue weighted by Gasteiger charge is -2.14. The molecular formula is C16H24N4O2. The molecule has 0 spiro atoms. The molecule has 1 aromatic heterocycles. The maximum Gasteiger partial charge on any atom is 0.202 e. The van der Waals surface area contributed by atoms with Crippen LogP contribution < -0.4 is 20.1 Å². The average molecular weight is 304 g/mol. The van der Waals surface area contributed by atoms with Crippen molar-refractivity contribution >= 4 is 11.8 Å². The minimum Gasteiger partial charge on any atom is -0.493 e. The Labute approximate surface area is 131 Å². The Hall–Kier alpha value is -2.37. The number of hydrogen-bond acceptors (Lipinski definition) is 5. The standard InChI is InChI=1S/C16H24N4O2/c1-6-11-7-10(9-13(21-4)14(11)22-5)8-12-15(17-2)20-16(18-3)19-12/h7,9,17H,6,8H2,1-5H3,(H2,18,19,20). The Bertz CT molecular complexity index is 612. The van der Waals surface area contributed by atoms with Crippen molar-refractivity contribution in [2.24, 2.45) is 0 Å². The molecule has 6 nitrogen and oxygen atoms in total. The number of imidazole rings is 1. The molecule has 22 heavy (non-hydrogen) atoms. The van der Waals surface area contributed by atoms with Crippen LogP contribution in [0.2, 0.25) is 0 Å². The van der Waals surface area contributed by atoms with Crippen LogP contribution >= 0.6 is 0 Å². The molecule has 1 aromatic carbocycles. The van der Waals surface area contributed by atoms with Gasteiger partial charge in [-0.05, 0) is 23.6 Å². The van der Waals surface area contributed by atoms with E-state index in [1.807, 2.05) is 20.2 Å². The van der Waals surface area contributed by atoms with E-state index >= 15 is 0 Å². The molecule has 0 unspecified atom stereocenters. The van der Waals surface area contributed by atoms with Crippen LogP contribution in [0.1, 0.15) is 23.7 Å². The van der Waals surface area contributed by atoms with Crippen molar-refractivity contribution in [3.8, 4) is 11.5 Å². The van der Waals surface area contributed by atoms with Crippen molar-refractivity contribution < 1.29 is 9.47 Å². The highest BCUT2D eigenvalue weighted by Crippen LogP contribution is 2.34. The average Bonchev–Trinajstić information content (AvgIpc) is 2.95. The van der Waals surface area contributed by atoms with Crippen LogP contribution in [0, 0.1) is 0 Å². The summed E-state index contributed by atoms with van der Waals surface area (Å²) in [4.78, 5) is 7.71. The summed E-state index contributed by atoms with van der Waals surface area (Å²) in [5, 5.41) is 6.13. The quantitative estimate of drug-likeness (QED) is 0.733. The van der Waals surface area contributed by atoms with Gasteiger partial charge in [-0.25, -0.2) is 0 Å². The Kier molecular flexibility index (Phi) is 5.14. The van der Waals surface area contributed by atoms with Gasteiger partial charge < -0.3 is 25.1 Å². The summed E-state index contributed by atoms with van der Waals surface area (Å²) in [5.41, 5.74) is 3.31. The van der Waals surface area contributed by atoms with Crippen LogP contribution in [-0.2, 0) is 12.8 Å². The summed E-state index contributed by atoms with van der Waals surface area (Å²) in [6.07, 6.45) is 1.62. The van der Waals surface area contributed by atoms with E-state index in [1.165, 1.54) is 0 Å². The van der Waals surface area contributed by atoms with Gasteiger partial charge in [-0.15, -0.1) is 0 Å². The van der Waals surface area contributed by atoms with E-state index < -0.39 is 0 Å². The Morgan fingerprint density at radius 3 is 2.45 bits per heavy atom. The fourth-order valence-corrected chi connectivity index (χ4v) is 2.54. The van der Waals surface area contributed by atoms with Gasteiger partial charge in [0, 0.05) is 20.5 Å². The number of aromatic nitrogens is 2.